The molecular weight excluding hydrogens is 364 g/mol. The van der Waals surface area contributed by atoms with Crippen LogP contribution in [0.2, 0.25) is 0 Å². The zero-order valence-electron chi connectivity index (χ0n) is 17.2. The summed E-state index contributed by atoms with van der Waals surface area (Å²) in [5.74, 6) is 1.01. The summed E-state index contributed by atoms with van der Waals surface area (Å²) in [5.41, 5.74) is 4.66. The molecular formula is C22H28N6O. The number of carbonyl (C=O) groups excluding carboxylic acids is 1. The minimum Gasteiger partial charge on any atom is -0.369 e. The normalized spacial score (nSPS) is 17.9. The summed E-state index contributed by atoms with van der Waals surface area (Å²) >= 11 is 0. The van der Waals surface area contributed by atoms with E-state index in [9.17, 15) is 10.1 Å². The molecule has 2 aromatic heterocycles. The predicted molar refractivity (Wildman–Crippen MR) is 111 cm³/mol. The van der Waals surface area contributed by atoms with Crippen molar-refractivity contribution >= 4 is 11.7 Å². The van der Waals surface area contributed by atoms with Gasteiger partial charge in [-0.15, -0.1) is 0 Å². The van der Waals surface area contributed by atoms with Gasteiger partial charge in [-0.2, -0.15) is 10.4 Å². The van der Waals surface area contributed by atoms with Crippen LogP contribution >= 0.6 is 0 Å². The smallest absolute Gasteiger partial charge is 0.254 e. The van der Waals surface area contributed by atoms with E-state index in [2.05, 4.69) is 21.8 Å². The number of carbonyl (C=O) groups is 1. The van der Waals surface area contributed by atoms with E-state index in [4.69, 9.17) is 4.98 Å². The first-order valence-corrected chi connectivity index (χ1v) is 10.6. The molecule has 0 radical (unpaired) electrons. The number of aryl methyl sites for hydroxylation is 3. The molecule has 0 saturated carbocycles. The van der Waals surface area contributed by atoms with Gasteiger partial charge in [0.25, 0.3) is 5.91 Å². The van der Waals surface area contributed by atoms with Gasteiger partial charge in [-0.05, 0) is 69.9 Å². The van der Waals surface area contributed by atoms with Crippen LogP contribution in [-0.4, -0.2) is 33.3 Å². The number of rotatable bonds is 5. The molecule has 4 rings (SSSR count). The molecule has 1 atom stereocenters. The van der Waals surface area contributed by atoms with E-state index in [-0.39, 0.29) is 11.9 Å². The fraction of sp³-hybridized carbons (Fsp3) is 0.545. The third-order valence-corrected chi connectivity index (χ3v) is 5.82. The first kappa shape index (κ1) is 19.4. The van der Waals surface area contributed by atoms with Crippen LogP contribution in [0.25, 0.3) is 0 Å². The highest BCUT2D eigenvalue weighted by molar-refractivity contribution is 5.95. The third-order valence-electron chi connectivity index (χ3n) is 5.82. The van der Waals surface area contributed by atoms with Crippen molar-refractivity contribution in [2.24, 2.45) is 5.92 Å². The SMILES string of the molecule is CC(C)NC(=O)c1cnn2c1CC(CNc1nc3c(cc1C#N)CCCC3)CC2. The Labute approximate surface area is 171 Å². The lowest BCUT2D eigenvalue weighted by molar-refractivity contribution is 0.0941. The number of nitrogens with zero attached hydrogens (tertiary/aromatic N) is 4. The van der Waals surface area contributed by atoms with Gasteiger partial charge in [0.05, 0.1) is 23.0 Å². The maximum Gasteiger partial charge on any atom is 0.254 e. The number of hydrogen-bond donors (Lipinski definition) is 2. The van der Waals surface area contributed by atoms with E-state index in [0.29, 0.717) is 22.9 Å². The zero-order chi connectivity index (χ0) is 20.4. The van der Waals surface area contributed by atoms with Gasteiger partial charge in [0.15, 0.2) is 0 Å². The number of aromatic nitrogens is 3. The Morgan fingerprint density at radius 3 is 3.00 bits per heavy atom. The number of nitrogens with one attached hydrogen (secondary N) is 2. The summed E-state index contributed by atoms with van der Waals surface area (Å²) in [4.78, 5) is 17.2. The molecule has 7 heteroatoms. The Morgan fingerprint density at radius 1 is 1.38 bits per heavy atom. The lowest BCUT2D eigenvalue weighted by Crippen LogP contribution is -2.32. The van der Waals surface area contributed by atoms with Crippen molar-refractivity contribution in [2.75, 3.05) is 11.9 Å². The summed E-state index contributed by atoms with van der Waals surface area (Å²) in [6.07, 6.45) is 7.81. The number of amides is 1. The van der Waals surface area contributed by atoms with Crippen molar-refractivity contribution in [1.29, 1.82) is 5.26 Å². The molecule has 3 heterocycles. The van der Waals surface area contributed by atoms with Crippen molar-refractivity contribution in [3.63, 3.8) is 0 Å². The largest absolute Gasteiger partial charge is 0.369 e. The van der Waals surface area contributed by atoms with Gasteiger partial charge in [0.2, 0.25) is 0 Å². The Hall–Kier alpha value is -2.88. The standard InChI is InChI=1S/C22H28N6O/c1-14(2)26-22(29)18-13-25-28-8-7-15(9-20(18)28)12-24-21-17(11-23)10-16-5-3-4-6-19(16)27-21/h10,13-15H,3-9,12H2,1-2H3,(H,24,27)(H,26,29). The van der Waals surface area contributed by atoms with Gasteiger partial charge in [-0.1, -0.05) is 0 Å². The maximum absolute atomic E-state index is 12.5. The van der Waals surface area contributed by atoms with E-state index in [1.54, 1.807) is 6.20 Å². The van der Waals surface area contributed by atoms with Crippen molar-refractivity contribution < 1.29 is 4.79 Å². The van der Waals surface area contributed by atoms with E-state index in [0.717, 1.165) is 50.2 Å². The molecule has 2 aromatic rings. The molecule has 2 N–H and O–H groups in total. The molecule has 0 bridgehead atoms. The minimum atomic E-state index is -0.0574. The van der Waals surface area contributed by atoms with Gasteiger partial charge < -0.3 is 10.6 Å². The molecule has 0 spiro atoms. The highest BCUT2D eigenvalue weighted by Crippen LogP contribution is 2.26. The molecule has 7 nitrogen and oxygen atoms in total. The van der Waals surface area contributed by atoms with Crippen molar-refractivity contribution in [3.8, 4) is 6.07 Å². The van der Waals surface area contributed by atoms with Crippen LogP contribution < -0.4 is 10.6 Å². The number of hydrogen-bond acceptors (Lipinski definition) is 5. The molecule has 1 amide bonds. The average Bonchev–Trinajstić information content (AvgIpc) is 3.14. The molecule has 152 valence electrons. The minimum absolute atomic E-state index is 0.0574. The lowest BCUT2D eigenvalue weighted by atomic mass is 9.93. The van der Waals surface area contributed by atoms with E-state index in [1.807, 2.05) is 24.6 Å². The monoisotopic (exact) mass is 392 g/mol. The molecule has 1 aliphatic heterocycles. The average molecular weight is 393 g/mol. The first-order chi connectivity index (χ1) is 14.0. The summed E-state index contributed by atoms with van der Waals surface area (Å²) < 4.78 is 1.95. The number of fused-ring (bicyclic) bond motifs is 2. The second-order valence-electron chi connectivity index (χ2n) is 8.41. The number of anilines is 1. The van der Waals surface area contributed by atoms with Gasteiger partial charge >= 0.3 is 0 Å². The fourth-order valence-electron chi connectivity index (χ4n) is 4.30. The summed E-state index contributed by atoms with van der Waals surface area (Å²) in [7, 11) is 0. The van der Waals surface area contributed by atoms with Crippen molar-refractivity contribution in [1.82, 2.24) is 20.1 Å². The third kappa shape index (κ3) is 4.12. The summed E-state index contributed by atoms with van der Waals surface area (Å²) in [6.45, 7) is 5.45. The van der Waals surface area contributed by atoms with Crippen molar-refractivity contribution in [3.05, 3.63) is 40.3 Å². The van der Waals surface area contributed by atoms with Gasteiger partial charge in [0.1, 0.15) is 11.9 Å². The van der Waals surface area contributed by atoms with Gasteiger partial charge in [-0.3, -0.25) is 9.48 Å². The molecule has 0 fully saturated rings. The number of nitriles is 1. The van der Waals surface area contributed by atoms with Gasteiger partial charge in [0, 0.05) is 24.8 Å². The maximum atomic E-state index is 12.5. The van der Waals surface area contributed by atoms with Crippen LogP contribution in [0.4, 0.5) is 5.82 Å². The molecule has 29 heavy (non-hydrogen) atoms. The second-order valence-corrected chi connectivity index (χ2v) is 8.41. The fourth-order valence-corrected chi connectivity index (χ4v) is 4.30. The molecule has 1 unspecified atom stereocenters. The molecule has 0 aromatic carbocycles. The Balaban J connectivity index is 1.46. The highest BCUT2D eigenvalue weighted by atomic mass is 16.1. The van der Waals surface area contributed by atoms with E-state index >= 15 is 0 Å². The van der Waals surface area contributed by atoms with Crippen LogP contribution in [0, 0.1) is 17.2 Å². The second kappa shape index (κ2) is 8.24. The lowest BCUT2D eigenvalue weighted by Gasteiger charge is -2.25. The van der Waals surface area contributed by atoms with E-state index < -0.39 is 0 Å². The van der Waals surface area contributed by atoms with Crippen LogP contribution in [0.1, 0.15) is 66.0 Å². The van der Waals surface area contributed by atoms with E-state index in [1.165, 1.54) is 18.4 Å². The highest BCUT2D eigenvalue weighted by Gasteiger charge is 2.26. The number of pyridine rings is 1. The molecule has 0 saturated heterocycles. The Bertz CT molecular complexity index is 955. The summed E-state index contributed by atoms with van der Waals surface area (Å²) in [5, 5.41) is 20.3. The van der Waals surface area contributed by atoms with Crippen LogP contribution in [0.3, 0.4) is 0 Å². The van der Waals surface area contributed by atoms with Crippen LogP contribution in [0.5, 0.6) is 0 Å². The Kier molecular flexibility index (Phi) is 5.52. The van der Waals surface area contributed by atoms with Gasteiger partial charge in [-0.25, -0.2) is 4.98 Å². The predicted octanol–water partition coefficient (Wildman–Crippen LogP) is 2.84. The zero-order valence-corrected chi connectivity index (χ0v) is 17.2. The first-order valence-electron chi connectivity index (χ1n) is 10.6. The quantitative estimate of drug-likeness (QED) is 0.816. The topological polar surface area (TPSA) is 95.6 Å². The summed E-state index contributed by atoms with van der Waals surface area (Å²) in [6, 6.07) is 4.40. The molecule has 1 aliphatic carbocycles. The van der Waals surface area contributed by atoms with Crippen LogP contribution in [-0.2, 0) is 25.8 Å². The van der Waals surface area contributed by atoms with Crippen molar-refractivity contribution in [2.45, 2.75) is 65.0 Å². The Morgan fingerprint density at radius 2 is 2.21 bits per heavy atom. The van der Waals surface area contributed by atoms with Crippen LogP contribution in [0.15, 0.2) is 12.3 Å². The molecule has 2 aliphatic rings.